The molecular formula is C23H33Cl2NO2S. The van der Waals surface area contributed by atoms with Gasteiger partial charge in [0, 0.05) is 16.2 Å². The predicted molar refractivity (Wildman–Crippen MR) is 125 cm³/mol. The second-order valence-corrected chi connectivity index (χ2v) is 10.9. The van der Waals surface area contributed by atoms with Crippen molar-refractivity contribution >= 4 is 51.7 Å². The molecule has 1 N–H and O–H groups in total. The zero-order chi connectivity index (χ0) is 21.6. The molecule has 0 atom stereocenters. The molecule has 1 aliphatic rings. The topological polar surface area (TPSA) is 46.2 Å². The van der Waals surface area contributed by atoms with Crippen molar-refractivity contribution < 1.29 is 9.59 Å². The molecule has 1 saturated carbocycles. The number of hydrogen-bond donors (Lipinski definition) is 1. The monoisotopic (exact) mass is 457 g/mol. The normalized spacial score (nSPS) is 19.8. The minimum Gasteiger partial charge on any atom is -0.325 e. The van der Waals surface area contributed by atoms with Crippen LogP contribution in [0.25, 0.3) is 0 Å². The number of benzene rings is 1. The number of carbonyl (C=O) groups is 2. The summed E-state index contributed by atoms with van der Waals surface area (Å²) in [5.74, 6) is 0.787. The Kier molecular flexibility index (Phi) is 9.37. The molecule has 162 valence electrons. The number of halogens is 2. The summed E-state index contributed by atoms with van der Waals surface area (Å²) in [5, 5.41) is 3.78. The summed E-state index contributed by atoms with van der Waals surface area (Å²) in [6, 6.07) is 3.31. The SMILES string of the molecule is CCCCC[C@H]1CC[C@H](C(=O)Nc2cc(Cl)c(Cl)cc2SC(=O)C(C)(C)C)CC1. The molecule has 1 fully saturated rings. The van der Waals surface area contributed by atoms with Gasteiger partial charge in [-0.1, -0.05) is 76.6 Å². The molecule has 0 heterocycles. The molecule has 0 radical (unpaired) electrons. The Balaban J connectivity index is 2.02. The minimum atomic E-state index is -0.492. The van der Waals surface area contributed by atoms with Crippen molar-refractivity contribution in [2.45, 2.75) is 84.0 Å². The maximum absolute atomic E-state index is 12.9. The maximum Gasteiger partial charge on any atom is 0.227 e. The first-order valence-electron chi connectivity index (χ1n) is 10.6. The van der Waals surface area contributed by atoms with Crippen LogP contribution in [0.2, 0.25) is 10.0 Å². The second kappa shape index (κ2) is 11.1. The Morgan fingerprint density at radius 3 is 2.28 bits per heavy atom. The maximum atomic E-state index is 12.9. The average Bonchev–Trinajstić information content (AvgIpc) is 2.65. The van der Waals surface area contributed by atoms with Gasteiger partial charge in [0.05, 0.1) is 15.7 Å². The third kappa shape index (κ3) is 7.48. The third-order valence-electron chi connectivity index (χ3n) is 5.53. The number of anilines is 1. The van der Waals surface area contributed by atoms with Crippen molar-refractivity contribution in [3.63, 3.8) is 0 Å². The fourth-order valence-corrected chi connectivity index (χ4v) is 4.89. The molecule has 1 aliphatic carbocycles. The van der Waals surface area contributed by atoms with E-state index in [0.29, 0.717) is 20.6 Å². The Morgan fingerprint density at radius 2 is 1.69 bits per heavy atom. The number of carbonyl (C=O) groups excluding carboxylic acids is 2. The largest absolute Gasteiger partial charge is 0.325 e. The lowest BCUT2D eigenvalue weighted by Crippen LogP contribution is -2.27. The van der Waals surface area contributed by atoms with Crippen LogP contribution in [0.5, 0.6) is 0 Å². The van der Waals surface area contributed by atoms with Crippen molar-refractivity contribution in [1.29, 1.82) is 0 Å². The van der Waals surface area contributed by atoms with Crippen LogP contribution in [0, 0.1) is 17.3 Å². The van der Waals surface area contributed by atoms with E-state index in [4.69, 9.17) is 23.2 Å². The van der Waals surface area contributed by atoms with Crippen LogP contribution in [0.3, 0.4) is 0 Å². The van der Waals surface area contributed by atoms with Crippen molar-refractivity contribution in [2.75, 3.05) is 5.32 Å². The zero-order valence-electron chi connectivity index (χ0n) is 17.9. The fraction of sp³-hybridized carbons (Fsp3) is 0.652. The summed E-state index contributed by atoms with van der Waals surface area (Å²) in [7, 11) is 0. The third-order valence-corrected chi connectivity index (χ3v) is 7.61. The summed E-state index contributed by atoms with van der Waals surface area (Å²) in [4.78, 5) is 26.0. The van der Waals surface area contributed by atoms with E-state index < -0.39 is 5.41 Å². The molecule has 2 rings (SSSR count). The van der Waals surface area contributed by atoms with Crippen LogP contribution in [0.4, 0.5) is 5.69 Å². The highest BCUT2D eigenvalue weighted by molar-refractivity contribution is 8.13. The summed E-state index contributed by atoms with van der Waals surface area (Å²) in [5.41, 5.74) is 0.0749. The van der Waals surface area contributed by atoms with E-state index in [2.05, 4.69) is 12.2 Å². The van der Waals surface area contributed by atoms with Gasteiger partial charge in [-0.3, -0.25) is 9.59 Å². The van der Waals surface area contributed by atoms with E-state index in [-0.39, 0.29) is 16.9 Å². The van der Waals surface area contributed by atoms with E-state index in [9.17, 15) is 9.59 Å². The second-order valence-electron chi connectivity index (χ2n) is 9.10. The summed E-state index contributed by atoms with van der Waals surface area (Å²) >= 11 is 13.5. The van der Waals surface area contributed by atoms with Gasteiger partial charge < -0.3 is 5.32 Å². The van der Waals surface area contributed by atoms with Gasteiger partial charge in [-0.2, -0.15) is 0 Å². The number of unbranched alkanes of at least 4 members (excludes halogenated alkanes) is 2. The van der Waals surface area contributed by atoms with Crippen molar-refractivity contribution in [1.82, 2.24) is 0 Å². The van der Waals surface area contributed by atoms with Crippen LogP contribution >= 0.6 is 35.0 Å². The smallest absolute Gasteiger partial charge is 0.227 e. The number of rotatable bonds is 7. The quantitative estimate of drug-likeness (QED) is 0.333. The summed E-state index contributed by atoms with van der Waals surface area (Å²) in [6.45, 7) is 7.84. The highest BCUT2D eigenvalue weighted by Gasteiger charge is 2.28. The van der Waals surface area contributed by atoms with Gasteiger partial charge in [0.1, 0.15) is 0 Å². The fourth-order valence-electron chi connectivity index (χ4n) is 3.59. The van der Waals surface area contributed by atoms with Gasteiger partial charge in [0.25, 0.3) is 0 Å². The molecule has 1 amide bonds. The summed E-state index contributed by atoms with van der Waals surface area (Å²) < 4.78 is 0. The lowest BCUT2D eigenvalue weighted by molar-refractivity contribution is -0.121. The van der Waals surface area contributed by atoms with E-state index in [1.54, 1.807) is 12.1 Å². The molecule has 0 saturated heterocycles. The zero-order valence-corrected chi connectivity index (χ0v) is 20.3. The molecular weight excluding hydrogens is 425 g/mol. The van der Waals surface area contributed by atoms with Gasteiger partial charge in [-0.05, 0) is 55.5 Å². The highest BCUT2D eigenvalue weighted by atomic mass is 35.5. The molecule has 0 aromatic heterocycles. The molecule has 6 heteroatoms. The lowest BCUT2D eigenvalue weighted by Gasteiger charge is -2.28. The Labute approximate surface area is 189 Å². The molecule has 0 spiro atoms. The van der Waals surface area contributed by atoms with Crippen LogP contribution in [0.15, 0.2) is 17.0 Å². The van der Waals surface area contributed by atoms with Gasteiger partial charge >= 0.3 is 0 Å². The molecule has 29 heavy (non-hydrogen) atoms. The molecule has 3 nitrogen and oxygen atoms in total. The lowest BCUT2D eigenvalue weighted by atomic mass is 9.79. The number of thioether (sulfide) groups is 1. The Bertz CT molecular complexity index is 722. The van der Waals surface area contributed by atoms with Gasteiger partial charge in [0.15, 0.2) is 5.12 Å². The van der Waals surface area contributed by atoms with E-state index in [1.165, 1.54) is 25.7 Å². The first-order chi connectivity index (χ1) is 13.6. The predicted octanol–water partition coefficient (Wildman–Crippen LogP) is 7.98. The molecule has 1 aromatic carbocycles. The highest BCUT2D eigenvalue weighted by Crippen LogP contribution is 2.39. The molecule has 1 aromatic rings. The number of hydrogen-bond acceptors (Lipinski definition) is 3. The molecule has 0 aliphatic heterocycles. The van der Waals surface area contributed by atoms with Crippen LogP contribution in [0.1, 0.15) is 79.1 Å². The molecule has 0 unspecified atom stereocenters. The number of amides is 1. The van der Waals surface area contributed by atoms with Gasteiger partial charge in [-0.25, -0.2) is 0 Å². The first-order valence-corrected chi connectivity index (χ1v) is 12.2. The van der Waals surface area contributed by atoms with Crippen molar-refractivity contribution in [3.05, 3.63) is 22.2 Å². The summed E-state index contributed by atoms with van der Waals surface area (Å²) in [6.07, 6.45) is 9.21. The van der Waals surface area contributed by atoms with Crippen molar-refractivity contribution in [3.8, 4) is 0 Å². The van der Waals surface area contributed by atoms with Gasteiger partial charge in [-0.15, -0.1) is 0 Å². The van der Waals surface area contributed by atoms with E-state index in [0.717, 1.165) is 43.4 Å². The van der Waals surface area contributed by atoms with E-state index in [1.807, 2.05) is 20.8 Å². The molecule has 0 bridgehead atoms. The number of nitrogens with one attached hydrogen (secondary N) is 1. The van der Waals surface area contributed by atoms with Gasteiger partial charge in [0.2, 0.25) is 5.91 Å². The van der Waals surface area contributed by atoms with Crippen LogP contribution in [-0.4, -0.2) is 11.0 Å². The first kappa shape index (κ1) is 24.6. The van der Waals surface area contributed by atoms with Crippen molar-refractivity contribution in [2.24, 2.45) is 17.3 Å². The Hall–Kier alpha value is -0.710. The standard InChI is InChI=1S/C23H33Cl2NO2S/c1-5-6-7-8-15-9-11-16(12-10-15)21(27)26-19-13-17(24)18(25)14-20(19)29-22(28)23(2,3)4/h13-16H,5-12H2,1-4H3,(H,26,27)/t15-,16-. The van der Waals surface area contributed by atoms with E-state index >= 15 is 0 Å². The van der Waals surface area contributed by atoms with Crippen LogP contribution in [-0.2, 0) is 9.59 Å². The Morgan fingerprint density at radius 1 is 1.07 bits per heavy atom. The van der Waals surface area contributed by atoms with Crippen LogP contribution < -0.4 is 5.32 Å². The minimum absolute atomic E-state index is 0.0129. The average molecular weight is 458 g/mol.